The van der Waals surface area contributed by atoms with Crippen molar-refractivity contribution in [2.45, 2.75) is 104 Å². The Morgan fingerprint density at radius 3 is 2.42 bits per heavy atom. The van der Waals surface area contributed by atoms with Crippen molar-refractivity contribution in [3.8, 4) is 0 Å². The van der Waals surface area contributed by atoms with Crippen molar-refractivity contribution >= 4 is 16.5 Å². The summed E-state index contributed by atoms with van der Waals surface area (Å²) in [7, 11) is 4.03. The minimum atomic E-state index is 0.441. The van der Waals surface area contributed by atoms with Crippen LogP contribution in [0.15, 0.2) is 68.0 Å². The third kappa shape index (κ3) is 7.73. The molecule has 2 fully saturated rings. The van der Waals surface area contributed by atoms with Crippen molar-refractivity contribution in [2.24, 2.45) is 5.41 Å². The number of allylic oxidation sites excluding steroid dienone is 1. The summed E-state index contributed by atoms with van der Waals surface area (Å²) in [5.41, 5.74) is 6.07. The van der Waals surface area contributed by atoms with Crippen LogP contribution in [0, 0.1) is 5.41 Å². The summed E-state index contributed by atoms with van der Waals surface area (Å²) in [6.07, 6.45) is 16.3. The second-order valence-electron chi connectivity index (χ2n) is 13.3. The number of unbranched alkanes of at least 4 members (excludes halogenated alkanes) is 1. The molecule has 0 spiro atoms. The predicted molar refractivity (Wildman–Crippen MR) is 186 cm³/mol. The van der Waals surface area contributed by atoms with Gasteiger partial charge in [0.1, 0.15) is 0 Å². The van der Waals surface area contributed by atoms with Crippen molar-refractivity contribution in [3.05, 3.63) is 84.8 Å². The van der Waals surface area contributed by atoms with Crippen LogP contribution in [0.5, 0.6) is 0 Å². The van der Waals surface area contributed by atoms with E-state index in [2.05, 4.69) is 116 Å². The number of anilines is 1. The first-order chi connectivity index (χ1) is 20.7. The van der Waals surface area contributed by atoms with Crippen LogP contribution < -0.4 is 10.2 Å². The van der Waals surface area contributed by atoms with E-state index in [9.17, 15) is 0 Å². The summed E-state index contributed by atoms with van der Waals surface area (Å²) < 4.78 is 2.15. The van der Waals surface area contributed by atoms with E-state index in [0.717, 1.165) is 6.54 Å². The molecule has 1 saturated heterocycles. The molecule has 0 bridgehead atoms. The highest BCUT2D eigenvalue weighted by Crippen LogP contribution is 2.46. The number of benzene rings is 2. The summed E-state index contributed by atoms with van der Waals surface area (Å²) >= 11 is 0. The highest BCUT2D eigenvalue weighted by Gasteiger charge is 2.32. The van der Waals surface area contributed by atoms with E-state index in [0.29, 0.717) is 23.4 Å². The number of aromatic nitrogens is 2. The highest BCUT2D eigenvalue weighted by atomic mass is 15.3. The highest BCUT2D eigenvalue weighted by molar-refractivity contribution is 6.02. The van der Waals surface area contributed by atoms with Gasteiger partial charge in [0.05, 0.1) is 18.3 Å². The summed E-state index contributed by atoms with van der Waals surface area (Å²) in [6, 6.07) is 14.9. The molecule has 5 nitrogen and oxygen atoms in total. The van der Waals surface area contributed by atoms with Crippen LogP contribution in [0.25, 0.3) is 10.8 Å². The van der Waals surface area contributed by atoms with E-state index in [-0.39, 0.29) is 0 Å². The average Bonchev–Trinajstić information content (AvgIpc) is 3.60. The van der Waals surface area contributed by atoms with Gasteiger partial charge in [-0.25, -0.2) is 0 Å². The average molecular weight is 584 g/mol. The molecule has 2 atom stereocenters. The fourth-order valence-corrected chi connectivity index (χ4v) is 6.89. The third-order valence-corrected chi connectivity index (χ3v) is 10.1. The Hall–Kier alpha value is -3.05. The maximum absolute atomic E-state index is 5.00. The Labute approximate surface area is 262 Å². The molecule has 2 aliphatic heterocycles. The van der Waals surface area contributed by atoms with Gasteiger partial charge >= 0.3 is 0 Å². The predicted octanol–water partition coefficient (Wildman–Crippen LogP) is 9.07. The minimum Gasteiger partial charge on any atom is -0.394 e. The van der Waals surface area contributed by atoms with Gasteiger partial charge in [-0.15, -0.1) is 6.58 Å². The van der Waals surface area contributed by atoms with Crippen molar-refractivity contribution in [2.75, 3.05) is 32.1 Å². The molecular weight excluding hydrogens is 526 g/mol. The summed E-state index contributed by atoms with van der Waals surface area (Å²) in [4.78, 5) is 5.08. The molecule has 234 valence electrons. The summed E-state index contributed by atoms with van der Waals surface area (Å²) in [6.45, 7) is 19.6. The van der Waals surface area contributed by atoms with E-state index in [1.807, 2.05) is 7.05 Å². The van der Waals surface area contributed by atoms with E-state index >= 15 is 0 Å². The number of likely N-dealkylation sites (tertiary alicyclic amines) is 1. The second-order valence-corrected chi connectivity index (χ2v) is 13.3. The maximum atomic E-state index is 5.00. The van der Waals surface area contributed by atoms with Gasteiger partial charge in [-0.2, -0.15) is 5.10 Å². The Balaban J connectivity index is 0.000000326. The number of hydrogen-bond donors (Lipinski definition) is 1. The standard InChI is InChI=1S/C28H38N4.C7H12.C3H7N/c1-5-6-8-20(2)32-21(3)24-9-7-10-25-23(11-12-27(32)28(24)25)19-31-18-15-26(29-31)22-13-16-30(4)17-14-22;1-3-7(2)5-4-6-7;1-3-4-2/h7,9-12,15,18,20-22H,5-6,8,13-14,16-17,19H2,1-4H3;3H,1,4-6H2,2H3;3-4H,1H2,2H3. The van der Waals surface area contributed by atoms with Gasteiger partial charge < -0.3 is 15.1 Å². The lowest BCUT2D eigenvalue weighted by molar-refractivity contribution is 0.234. The Bertz CT molecular complexity index is 1330. The van der Waals surface area contributed by atoms with Crippen molar-refractivity contribution < 1.29 is 0 Å². The molecule has 1 saturated carbocycles. The first-order valence-corrected chi connectivity index (χ1v) is 16.7. The number of rotatable bonds is 9. The van der Waals surface area contributed by atoms with Crippen LogP contribution in [-0.4, -0.2) is 47.9 Å². The molecule has 3 aromatic rings. The van der Waals surface area contributed by atoms with Gasteiger partial charge in [0.2, 0.25) is 0 Å². The number of nitrogens with zero attached hydrogens (tertiary/aromatic N) is 4. The molecule has 1 N–H and O–H groups in total. The fraction of sp³-hybridized carbons (Fsp3) is 0.553. The topological polar surface area (TPSA) is 36.3 Å². The van der Waals surface area contributed by atoms with Gasteiger partial charge in [-0.1, -0.05) is 70.0 Å². The normalized spacial score (nSPS) is 19.9. The van der Waals surface area contributed by atoms with Crippen LogP contribution in [0.3, 0.4) is 0 Å². The fourth-order valence-electron chi connectivity index (χ4n) is 6.89. The lowest BCUT2D eigenvalue weighted by Gasteiger charge is -2.34. The molecular formula is C38H57N5. The Morgan fingerprint density at radius 1 is 1.12 bits per heavy atom. The van der Waals surface area contributed by atoms with Crippen molar-refractivity contribution in [1.82, 2.24) is 20.0 Å². The van der Waals surface area contributed by atoms with Gasteiger partial charge in [-0.05, 0) is 106 Å². The second kappa shape index (κ2) is 15.1. The zero-order valence-corrected chi connectivity index (χ0v) is 27.9. The van der Waals surface area contributed by atoms with Crippen LogP contribution in [0.2, 0.25) is 0 Å². The van der Waals surface area contributed by atoms with Crippen molar-refractivity contribution in [1.29, 1.82) is 0 Å². The molecule has 6 rings (SSSR count). The Morgan fingerprint density at radius 2 is 1.84 bits per heavy atom. The first-order valence-electron chi connectivity index (χ1n) is 16.7. The molecule has 0 amide bonds. The lowest BCUT2D eigenvalue weighted by atomic mass is 9.71. The largest absolute Gasteiger partial charge is 0.394 e. The van der Waals surface area contributed by atoms with Crippen LogP contribution >= 0.6 is 0 Å². The minimum absolute atomic E-state index is 0.441. The van der Waals surface area contributed by atoms with Gasteiger partial charge in [0.15, 0.2) is 0 Å². The number of piperidine rings is 1. The van der Waals surface area contributed by atoms with E-state index < -0.39 is 0 Å². The van der Waals surface area contributed by atoms with Crippen LogP contribution in [0.4, 0.5) is 5.69 Å². The Kier molecular flexibility index (Phi) is 11.5. The van der Waals surface area contributed by atoms with E-state index in [4.69, 9.17) is 5.10 Å². The van der Waals surface area contributed by atoms with Gasteiger partial charge in [0, 0.05) is 36.3 Å². The quantitative estimate of drug-likeness (QED) is 0.255. The molecule has 3 aliphatic rings. The molecule has 1 aliphatic carbocycles. The third-order valence-electron chi connectivity index (χ3n) is 10.1. The molecule has 43 heavy (non-hydrogen) atoms. The van der Waals surface area contributed by atoms with Gasteiger partial charge in [-0.3, -0.25) is 4.68 Å². The molecule has 2 unspecified atom stereocenters. The maximum Gasteiger partial charge on any atom is 0.0665 e. The first kappa shape index (κ1) is 32.9. The molecule has 0 radical (unpaired) electrons. The SMILES string of the molecule is C=CC1(C)CCC1.C=CNC.CCCCC(C)N1c2ccc(Cn3ccc(C4CCN(C)CC4)n3)c3cccc(c23)C1C. The lowest BCUT2D eigenvalue weighted by Crippen LogP contribution is -2.32. The number of hydrogen-bond acceptors (Lipinski definition) is 4. The van der Waals surface area contributed by atoms with Crippen molar-refractivity contribution in [3.63, 3.8) is 0 Å². The zero-order chi connectivity index (χ0) is 31.0. The smallest absolute Gasteiger partial charge is 0.0665 e. The summed E-state index contributed by atoms with van der Waals surface area (Å²) in [5, 5.41) is 10.6. The molecule has 1 aromatic heterocycles. The summed E-state index contributed by atoms with van der Waals surface area (Å²) in [5.74, 6) is 0.610. The monoisotopic (exact) mass is 583 g/mol. The zero-order valence-electron chi connectivity index (χ0n) is 27.9. The van der Waals surface area contributed by atoms with E-state index in [1.165, 1.54) is 97.7 Å². The van der Waals surface area contributed by atoms with E-state index in [1.54, 1.807) is 6.20 Å². The van der Waals surface area contributed by atoms with Gasteiger partial charge in [0.25, 0.3) is 0 Å². The van der Waals surface area contributed by atoms with Crippen LogP contribution in [0.1, 0.15) is 108 Å². The molecule has 2 aromatic carbocycles. The van der Waals surface area contributed by atoms with Crippen LogP contribution in [-0.2, 0) is 6.54 Å². The molecule has 3 heterocycles. The number of nitrogens with one attached hydrogen (secondary N) is 1. The molecule has 5 heteroatoms.